The van der Waals surface area contributed by atoms with Gasteiger partial charge in [-0.2, -0.15) is 10.5 Å². The average Bonchev–Trinajstić information content (AvgIpc) is 3.04. The van der Waals surface area contributed by atoms with Crippen molar-refractivity contribution >= 4 is 22.6 Å². The van der Waals surface area contributed by atoms with E-state index in [4.69, 9.17) is 27.3 Å². The zero-order valence-electron chi connectivity index (χ0n) is 15.0. The molecule has 150 valence electrons. The molecule has 3 atom stereocenters. The molecule has 10 heteroatoms. The standard InChI is InChI=1S/C19H16ClFN4O3S/c20-14-2-4-17(13(5-14)8-23)29(27)25-9-18(19(26,10-24)11-25)28-15-3-1-12(7-22)16(21)6-15/h1-6,18,26H,9-11,24H2/t18-,19?,29?/m0/s1. The van der Waals surface area contributed by atoms with Gasteiger partial charge in [-0.05, 0) is 30.3 Å². The number of benzene rings is 2. The minimum Gasteiger partial charge on any atom is -0.486 e. The lowest BCUT2D eigenvalue weighted by atomic mass is 10.0. The number of halogens is 2. The van der Waals surface area contributed by atoms with Gasteiger partial charge in [0.25, 0.3) is 0 Å². The van der Waals surface area contributed by atoms with Gasteiger partial charge in [0.1, 0.15) is 46.4 Å². The van der Waals surface area contributed by atoms with Crippen molar-refractivity contribution in [1.29, 1.82) is 10.5 Å². The summed E-state index contributed by atoms with van der Waals surface area (Å²) in [4.78, 5) is 0.251. The van der Waals surface area contributed by atoms with Crippen molar-refractivity contribution in [3.05, 3.63) is 58.4 Å². The van der Waals surface area contributed by atoms with Crippen LogP contribution in [-0.2, 0) is 11.0 Å². The minimum absolute atomic E-state index is 0.0232. The number of β-amino-alcohol motifs (C(OH)–C–C–N with tert-alkyl or cyclic N) is 1. The van der Waals surface area contributed by atoms with Crippen molar-refractivity contribution in [3.8, 4) is 17.9 Å². The van der Waals surface area contributed by atoms with Gasteiger partial charge in [0.05, 0.1) is 22.6 Å². The first-order valence-corrected chi connectivity index (χ1v) is 9.95. The second kappa shape index (κ2) is 8.46. The van der Waals surface area contributed by atoms with Crippen LogP contribution in [0, 0.1) is 28.5 Å². The number of ether oxygens (including phenoxy) is 1. The predicted molar refractivity (Wildman–Crippen MR) is 104 cm³/mol. The molecule has 2 aromatic rings. The van der Waals surface area contributed by atoms with E-state index in [0.29, 0.717) is 5.02 Å². The summed E-state index contributed by atoms with van der Waals surface area (Å²) in [6, 6.07) is 11.8. The summed E-state index contributed by atoms with van der Waals surface area (Å²) in [7, 11) is -1.78. The highest BCUT2D eigenvalue weighted by molar-refractivity contribution is 7.82. The van der Waals surface area contributed by atoms with E-state index in [9.17, 15) is 19.0 Å². The highest BCUT2D eigenvalue weighted by Gasteiger charge is 2.48. The molecule has 0 aliphatic carbocycles. The molecule has 0 amide bonds. The van der Waals surface area contributed by atoms with Gasteiger partial charge in [0.15, 0.2) is 0 Å². The van der Waals surface area contributed by atoms with Crippen molar-refractivity contribution in [2.45, 2.75) is 16.6 Å². The quantitative estimate of drug-likeness (QED) is 0.738. The molecular formula is C19H16ClFN4O3S. The van der Waals surface area contributed by atoms with Crippen LogP contribution in [0.4, 0.5) is 4.39 Å². The molecule has 1 fully saturated rings. The lowest BCUT2D eigenvalue weighted by Gasteiger charge is -2.27. The van der Waals surface area contributed by atoms with Gasteiger partial charge in [0.2, 0.25) is 0 Å². The zero-order chi connectivity index (χ0) is 21.2. The molecule has 1 aliphatic rings. The van der Waals surface area contributed by atoms with E-state index < -0.39 is 28.5 Å². The fourth-order valence-electron chi connectivity index (χ4n) is 3.00. The SMILES string of the molecule is N#Cc1ccc(O[C@H]2CN(S(=O)c3ccc(Cl)cc3C#N)CC2(O)CN)cc1F. The molecule has 1 saturated heterocycles. The Morgan fingerprint density at radius 1 is 1.31 bits per heavy atom. The molecule has 3 N–H and O–H groups in total. The molecule has 1 aliphatic heterocycles. The van der Waals surface area contributed by atoms with Crippen LogP contribution in [0.15, 0.2) is 41.3 Å². The van der Waals surface area contributed by atoms with Crippen LogP contribution in [0.1, 0.15) is 11.1 Å². The Bertz CT molecular complexity index is 1050. The van der Waals surface area contributed by atoms with Crippen LogP contribution in [0.2, 0.25) is 5.02 Å². The van der Waals surface area contributed by atoms with Crippen molar-refractivity contribution in [2.75, 3.05) is 19.6 Å². The number of rotatable bonds is 5. The third-order valence-corrected chi connectivity index (χ3v) is 6.31. The molecule has 3 rings (SSSR count). The molecule has 2 unspecified atom stereocenters. The van der Waals surface area contributed by atoms with Crippen molar-refractivity contribution in [3.63, 3.8) is 0 Å². The van der Waals surface area contributed by atoms with E-state index in [1.807, 2.05) is 6.07 Å². The summed E-state index contributed by atoms with van der Waals surface area (Å²) in [6.07, 6.45) is -0.901. The van der Waals surface area contributed by atoms with Gasteiger partial charge in [-0.25, -0.2) is 12.9 Å². The van der Waals surface area contributed by atoms with Gasteiger partial charge in [-0.1, -0.05) is 11.6 Å². The zero-order valence-corrected chi connectivity index (χ0v) is 16.6. The van der Waals surface area contributed by atoms with Crippen LogP contribution < -0.4 is 10.5 Å². The predicted octanol–water partition coefficient (Wildman–Crippen LogP) is 1.70. The van der Waals surface area contributed by atoms with Crippen LogP contribution in [0.5, 0.6) is 5.75 Å². The van der Waals surface area contributed by atoms with Gasteiger partial charge >= 0.3 is 0 Å². The molecule has 29 heavy (non-hydrogen) atoms. The molecule has 7 nitrogen and oxygen atoms in total. The topological polar surface area (TPSA) is 123 Å². The van der Waals surface area contributed by atoms with E-state index >= 15 is 0 Å². The first-order valence-electron chi connectivity index (χ1n) is 8.46. The van der Waals surface area contributed by atoms with Crippen molar-refractivity contribution < 1.29 is 18.4 Å². The van der Waals surface area contributed by atoms with Crippen LogP contribution in [0.25, 0.3) is 0 Å². The molecule has 0 bridgehead atoms. The largest absolute Gasteiger partial charge is 0.486 e. The number of aliphatic hydroxyl groups is 1. The van der Waals surface area contributed by atoms with Gasteiger partial charge in [0, 0.05) is 24.2 Å². The summed E-state index contributed by atoms with van der Waals surface area (Å²) >= 11 is 5.88. The average molecular weight is 435 g/mol. The Hall–Kier alpha value is -2.53. The number of hydrogen-bond acceptors (Lipinski definition) is 6. The molecule has 0 saturated carbocycles. The van der Waals surface area contributed by atoms with E-state index in [0.717, 1.165) is 6.07 Å². The summed E-state index contributed by atoms with van der Waals surface area (Å²) in [5.41, 5.74) is 4.21. The van der Waals surface area contributed by atoms with Gasteiger partial charge in [-0.15, -0.1) is 0 Å². The van der Waals surface area contributed by atoms with Crippen molar-refractivity contribution in [1.82, 2.24) is 4.31 Å². The molecule has 0 radical (unpaired) electrons. The number of hydrogen-bond donors (Lipinski definition) is 2. The molecule has 2 aromatic carbocycles. The molecule has 0 spiro atoms. The first-order chi connectivity index (χ1) is 13.8. The molecule has 0 aromatic heterocycles. The van der Waals surface area contributed by atoms with Crippen LogP contribution >= 0.6 is 11.6 Å². The summed E-state index contributed by atoms with van der Waals surface area (Å²) in [6.45, 7) is -0.238. The third kappa shape index (κ3) is 4.25. The lowest BCUT2D eigenvalue weighted by Crippen LogP contribution is -2.50. The maximum absolute atomic E-state index is 13.9. The Kier molecular flexibility index (Phi) is 6.18. The lowest BCUT2D eigenvalue weighted by molar-refractivity contribution is -0.0200. The fourth-order valence-corrected chi connectivity index (χ4v) is 4.54. The highest BCUT2D eigenvalue weighted by atomic mass is 35.5. The molecular weight excluding hydrogens is 419 g/mol. The highest BCUT2D eigenvalue weighted by Crippen LogP contribution is 2.30. The Morgan fingerprint density at radius 3 is 2.66 bits per heavy atom. The Morgan fingerprint density at radius 2 is 2.03 bits per heavy atom. The number of nitrogens with two attached hydrogens (primary N) is 1. The summed E-state index contributed by atoms with van der Waals surface area (Å²) in [5, 5.41) is 29.3. The monoisotopic (exact) mass is 434 g/mol. The van der Waals surface area contributed by atoms with Gasteiger partial charge in [-0.3, -0.25) is 0 Å². The molecule has 1 heterocycles. The summed E-state index contributed by atoms with van der Waals surface area (Å²) in [5.74, 6) is -0.644. The Labute approximate surface area is 174 Å². The van der Waals surface area contributed by atoms with Crippen molar-refractivity contribution in [2.24, 2.45) is 5.73 Å². The van der Waals surface area contributed by atoms with E-state index in [2.05, 4.69) is 0 Å². The van der Waals surface area contributed by atoms with Crippen LogP contribution in [-0.4, -0.2) is 45.0 Å². The maximum Gasteiger partial charge on any atom is 0.144 e. The summed E-state index contributed by atoms with van der Waals surface area (Å²) < 4.78 is 34.0. The third-order valence-electron chi connectivity index (χ3n) is 4.60. The minimum atomic E-state index is -1.78. The fraction of sp³-hybridized carbons (Fsp3) is 0.263. The number of nitriles is 2. The van der Waals surface area contributed by atoms with Crippen LogP contribution in [0.3, 0.4) is 0 Å². The normalized spacial score (nSPS) is 22.6. The first kappa shape index (κ1) is 21.2. The van der Waals surface area contributed by atoms with E-state index in [-0.39, 0.29) is 41.4 Å². The smallest absolute Gasteiger partial charge is 0.144 e. The van der Waals surface area contributed by atoms with E-state index in [1.165, 1.54) is 34.6 Å². The maximum atomic E-state index is 13.9. The second-order valence-corrected chi connectivity index (χ2v) is 8.38. The van der Waals surface area contributed by atoms with E-state index in [1.54, 1.807) is 6.07 Å². The second-order valence-electron chi connectivity index (χ2n) is 6.49. The Balaban J connectivity index is 1.85. The van der Waals surface area contributed by atoms with Gasteiger partial charge < -0.3 is 15.6 Å². The number of nitrogens with zero attached hydrogens (tertiary/aromatic N) is 3.